The molecule has 0 aromatic carbocycles. The highest BCUT2D eigenvalue weighted by Gasteiger charge is 2.20. The third kappa shape index (κ3) is 5.38. The summed E-state index contributed by atoms with van der Waals surface area (Å²) in [5.41, 5.74) is 9.93. The van der Waals surface area contributed by atoms with Gasteiger partial charge in [0.2, 0.25) is 0 Å². The Balaban J connectivity index is 3.78. The number of nitrogens with one attached hydrogen (secondary N) is 1. The fraction of sp³-hybridized carbons (Fsp3) is 0.750. The van der Waals surface area contributed by atoms with Gasteiger partial charge in [0.15, 0.2) is 0 Å². The average molecular weight is 223 g/mol. The summed E-state index contributed by atoms with van der Waals surface area (Å²) in [6.45, 7) is 0. The lowest BCUT2D eigenvalue weighted by atomic mass is 10.0. The minimum Gasteiger partial charge on any atom is -0.480 e. The van der Waals surface area contributed by atoms with Crippen LogP contribution in [0.15, 0.2) is 0 Å². The molecule has 0 saturated carbocycles. The molecule has 0 spiro atoms. The van der Waals surface area contributed by atoms with E-state index in [1.165, 1.54) is 0 Å². The van der Waals surface area contributed by atoms with Gasteiger partial charge in [0.05, 0.1) is 0 Å². The monoisotopic (exact) mass is 223 g/mol. The highest BCUT2D eigenvalue weighted by molar-refractivity contribution is 5.86. The lowest BCUT2D eigenvalue weighted by Crippen LogP contribution is -2.37. The van der Waals surface area contributed by atoms with Crippen LogP contribution in [0.1, 0.15) is 19.3 Å². The largest absolute Gasteiger partial charge is 0.480 e. The van der Waals surface area contributed by atoms with Crippen molar-refractivity contribution in [3.8, 4) is 0 Å². The molecule has 0 heterocycles. The summed E-state index contributed by atoms with van der Waals surface area (Å²) in [5.74, 6) is -1.14. The highest BCUT2D eigenvalue weighted by Crippen LogP contribution is 2.06. The number of hydrogen-bond acceptors (Lipinski definition) is 4. The second-order valence-electron chi connectivity index (χ2n) is 3.22. The first-order chi connectivity index (χ1) is 6.86. The summed E-state index contributed by atoms with van der Waals surface area (Å²) in [6, 6.07) is -2.58. The Labute approximate surface area is 85.9 Å². The Kier molecular flexibility index (Phi) is 5.95. The summed E-state index contributed by atoms with van der Waals surface area (Å²) < 4.78 is 24.0. The van der Waals surface area contributed by atoms with Gasteiger partial charge in [-0.25, -0.2) is 8.78 Å². The molecule has 0 bridgehead atoms. The van der Waals surface area contributed by atoms with E-state index in [4.69, 9.17) is 22.0 Å². The zero-order valence-corrected chi connectivity index (χ0v) is 8.12. The van der Waals surface area contributed by atoms with E-state index in [0.29, 0.717) is 0 Å². The first-order valence-electron chi connectivity index (χ1n) is 4.45. The van der Waals surface area contributed by atoms with Crippen molar-refractivity contribution in [1.82, 2.24) is 0 Å². The van der Waals surface area contributed by atoms with Gasteiger partial charge in [0, 0.05) is 5.71 Å². The lowest BCUT2D eigenvalue weighted by molar-refractivity contribution is -0.138. The zero-order valence-electron chi connectivity index (χ0n) is 8.12. The lowest BCUT2D eigenvalue weighted by Gasteiger charge is -2.12. The fourth-order valence-corrected chi connectivity index (χ4v) is 0.955. The molecule has 88 valence electrons. The third-order valence-corrected chi connectivity index (χ3v) is 1.95. The van der Waals surface area contributed by atoms with E-state index in [1.54, 1.807) is 0 Å². The van der Waals surface area contributed by atoms with Crippen molar-refractivity contribution in [3.63, 3.8) is 0 Å². The Bertz CT molecular complexity index is 236. The topological polar surface area (TPSA) is 113 Å². The van der Waals surface area contributed by atoms with Crippen molar-refractivity contribution in [2.24, 2.45) is 11.5 Å². The van der Waals surface area contributed by atoms with Crippen LogP contribution in [0.5, 0.6) is 0 Å². The zero-order chi connectivity index (χ0) is 12.0. The first-order valence-corrected chi connectivity index (χ1v) is 4.45. The SMILES string of the molecule is N=C(CCC[C@H](N)C(=O)O)C(N)C(F)F. The molecule has 1 unspecified atom stereocenters. The third-order valence-electron chi connectivity index (χ3n) is 1.95. The number of carbonyl (C=O) groups is 1. The van der Waals surface area contributed by atoms with Crippen molar-refractivity contribution < 1.29 is 18.7 Å². The number of rotatable bonds is 7. The van der Waals surface area contributed by atoms with Gasteiger partial charge >= 0.3 is 5.97 Å². The second kappa shape index (κ2) is 6.41. The van der Waals surface area contributed by atoms with Gasteiger partial charge in [-0.2, -0.15) is 0 Å². The number of alkyl halides is 2. The van der Waals surface area contributed by atoms with Crippen molar-refractivity contribution >= 4 is 11.7 Å². The molecule has 0 rings (SSSR count). The molecule has 0 amide bonds. The van der Waals surface area contributed by atoms with Crippen molar-refractivity contribution in [1.29, 1.82) is 5.41 Å². The van der Waals surface area contributed by atoms with E-state index < -0.39 is 24.5 Å². The molecular weight excluding hydrogens is 208 g/mol. The van der Waals surface area contributed by atoms with E-state index in [1.807, 2.05) is 0 Å². The number of nitrogens with two attached hydrogens (primary N) is 2. The molecule has 0 aliphatic heterocycles. The maximum Gasteiger partial charge on any atom is 0.320 e. The van der Waals surface area contributed by atoms with E-state index in [-0.39, 0.29) is 25.0 Å². The van der Waals surface area contributed by atoms with Crippen LogP contribution >= 0.6 is 0 Å². The minimum absolute atomic E-state index is 0.0481. The number of halogens is 2. The van der Waals surface area contributed by atoms with Crippen LogP contribution in [0, 0.1) is 5.41 Å². The molecule has 0 aromatic rings. The quantitative estimate of drug-likeness (QED) is 0.461. The molecule has 0 aromatic heterocycles. The minimum atomic E-state index is -2.76. The molecule has 15 heavy (non-hydrogen) atoms. The molecule has 0 aliphatic carbocycles. The normalized spacial score (nSPS) is 15.0. The summed E-state index contributed by atoms with van der Waals surface area (Å²) in [5, 5.41) is 15.6. The molecule has 6 N–H and O–H groups in total. The van der Waals surface area contributed by atoms with E-state index >= 15 is 0 Å². The number of aliphatic carboxylic acids is 1. The van der Waals surface area contributed by atoms with Crippen molar-refractivity contribution in [2.45, 2.75) is 37.8 Å². The molecule has 5 nitrogen and oxygen atoms in total. The second-order valence-corrected chi connectivity index (χ2v) is 3.22. The summed E-state index contributed by atoms with van der Waals surface area (Å²) in [4.78, 5) is 10.3. The number of hydrogen-bond donors (Lipinski definition) is 4. The van der Waals surface area contributed by atoms with Gasteiger partial charge in [-0.1, -0.05) is 0 Å². The van der Waals surface area contributed by atoms with Gasteiger partial charge in [0.1, 0.15) is 12.1 Å². The highest BCUT2D eigenvalue weighted by atomic mass is 19.3. The van der Waals surface area contributed by atoms with Gasteiger partial charge in [-0.3, -0.25) is 4.79 Å². The van der Waals surface area contributed by atoms with Crippen LogP contribution in [0.25, 0.3) is 0 Å². The summed E-state index contributed by atoms with van der Waals surface area (Å²) >= 11 is 0. The van der Waals surface area contributed by atoms with Crippen LogP contribution in [-0.4, -0.2) is 35.3 Å². The van der Waals surface area contributed by atoms with Gasteiger partial charge in [-0.05, 0) is 19.3 Å². The van der Waals surface area contributed by atoms with E-state index in [0.717, 1.165) is 0 Å². The number of carboxylic acid groups (broad SMARTS) is 1. The molecule has 2 atom stereocenters. The predicted molar refractivity (Wildman–Crippen MR) is 51.2 cm³/mol. The molecule has 0 saturated heterocycles. The molecule has 0 fully saturated rings. The molecule has 0 aliphatic rings. The van der Waals surface area contributed by atoms with Crippen LogP contribution in [-0.2, 0) is 4.79 Å². The van der Waals surface area contributed by atoms with Crippen LogP contribution in [0.3, 0.4) is 0 Å². The maximum absolute atomic E-state index is 12.0. The standard InChI is InChI=1S/C8H15F2N3O2/c9-7(10)6(13)4(11)2-1-3-5(12)8(14)15/h5-7,11H,1-3,12-13H2,(H,14,15)/t5-,6?/m0/s1. The van der Waals surface area contributed by atoms with Crippen LogP contribution < -0.4 is 11.5 Å². The Morgan fingerprint density at radius 1 is 1.40 bits per heavy atom. The summed E-state index contributed by atoms with van der Waals surface area (Å²) in [6.07, 6.45) is -2.29. The first kappa shape index (κ1) is 13.9. The summed E-state index contributed by atoms with van der Waals surface area (Å²) in [7, 11) is 0. The Hall–Kier alpha value is -1.08. The Morgan fingerprint density at radius 2 is 1.93 bits per heavy atom. The molecular formula is C8H15F2N3O2. The average Bonchev–Trinajstić information content (AvgIpc) is 2.15. The smallest absolute Gasteiger partial charge is 0.320 e. The van der Waals surface area contributed by atoms with Gasteiger partial charge in [0.25, 0.3) is 6.43 Å². The van der Waals surface area contributed by atoms with E-state index in [2.05, 4.69) is 0 Å². The number of carboxylic acids is 1. The van der Waals surface area contributed by atoms with Gasteiger partial charge < -0.3 is 22.0 Å². The van der Waals surface area contributed by atoms with Crippen LogP contribution in [0.4, 0.5) is 8.78 Å². The predicted octanol–water partition coefficient (Wildman–Crippen LogP) is 0.181. The van der Waals surface area contributed by atoms with Crippen molar-refractivity contribution in [2.75, 3.05) is 0 Å². The van der Waals surface area contributed by atoms with Gasteiger partial charge in [-0.15, -0.1) is 0 Å². The molecule has 7 heteroatoms. The maximum atomic E-state index is 12.0. The fourth-order valence-electron chi connectivity index (χ4n) is 0.955. The van der Waals surface area contributed by atoms with E-state index in [9.17, 15) is 13.6 Å². The molecule has 0 radical (unpaired) electrons. The van der Waals surface area contributed by atoms with Crippen molar-refractivity contribution in [3.05, 3.63) is 0 Å². The Morgan fingerprint density at radius 3 is 2.33 bits per heavy atom. The van der Waals surface area contributed by atoms with Crippen LogP contribution in [0.2, 0.25) is 0 Å².